The smallest absolute Gasteiger partial charge is 0.317 e. The molecule has 0 aromatic rings. The molecule has 0 amide bonds. The zero-order chi connectivity index (χ0) is 11.1. The molecule has 1 aliphatic rings. The first-order chi connectivity index (χ1) is 7.22. The fourth-order valence-corrected chi connectivity index (χ4v) is 1.74. The lowest BCUT2D eigenvalue weighted by atomic mass is 9.98. The zero-order valence-electron chi connectivity index (χ0n) is 9.16. The molecule has 0 atom stereocenters. The molecular formula is C11H18O4. The van der Waals surface area contributed by atoms with E-state index in [1.54, 1.807) is 6.92 Å². The molecule has 0 aromatic carbocycles. The van der Waals surface area contributed by atoms with E-state index in [0.29, 0.717) is 6.61 Å². The Hall–Kier alpha value is -1.06. The summed E-state index contributed by atoms with van der Waals surface area (Å²) >= 11 is 0. The summed E-state index contributed by atoms with van der Waals surface area (Å²) in [4.78, 5) is 22.2. The Bertz CT molecular complexity index is 219. The van der Waals surface area contributed by atoms with Crippen LogP contribution in [0.2, 0.25) is 0 Å². The maximum absolute atomic E-state index is 11.3. The molecule has 0 saturated heterocycles. The van der Waals surface area contributed by atoms with E-state index >= 15 is 0 Å². The third-order valence-electron chi connectivity index (χ3n) is 2.44. The van der Waals surface area contributed by atoms with Gasteiger partial charge in [0.1, 0.15) is 12.5 Å². The maximum Gasteiger partial charge on any atom is 0.317 e. The molecule has 1 fully saturated rings. The van der Waals surface area contributed by atoms with Crippen LogP contribution in [0.3, 0.4) is 0 Å². The Morgan fingerprint density at radius 1 is 1.13 bits per heavy atom. The van der Waals surface area contributed by atoms with Crippen molar-refractivity contribution in [3.05, 3.63) is 0 Å². The van der Waals surface area contributed by atoms with Crippen LogP contribution in [0.4, 0.5) is 0 Å². The van der Waals surface area contributed by atoms with Crippen LogP contribution in [0, 0.1) is 0 Å². The molecule has 1 rings (SSSR count). The van der Waals surface area contributed by atoms with Gasteiger partial charge in [-0.1, -0.05) is 6.42 Å². The lowest BCUT2D eigenvalue weighted by molar-refractivity contribution is -0.158. The first-order valence-electron chi connectivity index (χ1n) is 5.57. The molecule has 0 bridgehead atoms. The van der Waals surface area contributed by atoms with Gasteiger partial charge in [-0.15, -0.1) is 0 Å². The Labute approximate surface area is 89.9 Å². The summed E-state index contributed by atoms with van der Waals surface area (Å²) in [6.07, 6.45) is 5.04. The molecule has 0 N–H and O–H groups in total. The topological polar surface area (TPSA) is 52.6 Å². The average Bonchev–Trinajstić information content (AvgIpc) is 2.19. The summed E-state index contributed by atoms with van der Waals surface area (Å²) in [5.74, 6) is -0.960. The van der Waals surface area contributed by atoms with Gasteiger partial charge in [-0.3, -0.25) is 9.59 Å². The van der Waals surface area contributed by atoms with Crippen LogP contribution >= 0.6 is 0 Å². The molecule has 0 heterocycles. The van der Waals surface area contributed by atoms with Gasteiger partial charge < -0.3 is 9.47 Å². The third-order valence-corrected chi connectivity index (χ3v) is 2.44. The molecule has 0 spiro atoms. The Morgan fingerprint density at radius 3 is 2.40 bits per heavy atom. The van der Waals surface area contributed by atoms with Gasteiger partial charge in [-0.05, 0) is 32.6 Å². The number of carbonyl (C=O) groups excluding carboxylic acids is 2. The highest BCUT2D eigenvalue weighted by molar-refractivity contribution is 5.91. The lowest BCUT2D eigenvalue weighted by Gasteiger charge is -2.21. The highest BCUT2D eigenvalue weighted by atomic mass is 16.6. The fraction of sp³-hybridized carbons (Fsp3) is 0.818. The molecule has 4 nitrogen and oxygen atoms in total. The van der Waals surface area contributed by atoms with E-state index in [1.807, 2.05) is 0 Å². The van der Waals surface area contributed by atoms with E-state index in [0.717, 1.165) is 25.7 Å². The molecule has 0 radical (unpaired) electrons. The summed E-state index contributed by atoms with van der Waals surface area (Å²) in [6, 6.07) is 0. The fourth-order valence-electron chi connectivity index (χ4n) is 1.74. The Morgan fingerprint density at radius 2 is 1.80 bits per heavy atom. The van der Waals surface area contributed by atoms with Gasteiger partial charge >= 0.3 is 11.9 Å². The normalized spacial score (nSPS) is 17.1. The number of hydrogen-bond acceptors (Lipinski definition) is 4. The second-order valence-corrected chi connectivity index (χ2v) is 3.73. The second kappa shape index (κ2) is 6.43. The highest BCUT2D eigenvalue weighted by Crippen LogP contribution is 2.20. The first-order valence-corrected chi connectivity index (χ1v) is 5.57. The van der Waals surface area contributed by atoms with Gasteiger partial charge in [-0.25, -0.2) is 0 Å². The van der Waals surface area contributed by atoms with Crippen molar-refractivity contribution in [1.82, 2.24) is 0 Å². The average molecular weight is 214 g/mol. The molecule has 1 aliphatic carbocycles. The van der Waals surface area contributed by atoms with E-state index in [2.05, 4.69) is 4.74 Å². The molecule has 0 aromatic heterocycles. The van der Waals surface area contributed by atoms with E-state index in [9.17, 15) is 9.59 Å². The predicted molar refractivity (Wildman–Crippen MR) is 54.2 cm³/mol. The Kier molecular flexibility index (Phi) is 5.15. The van der Waals surface area contributed by atoms with Crippen molar-refractivity contribution in [2.75, 3.05) is 6.61 Å². The van der Waals surface area contributed by atoms with E-state index in [-0.39, 0.29) is 12.5 Å². The number of hydrogen-bond donors (Lipinski definition) is 0. The number of carbonyl (C=O) groups is 2. The van der Waals surface area contributed by atoms with Crippen molar-refractivity contribution >= 4 is 11.9 Å². The van der Waals surface area contributed by atoms with E-state index in [4.69, 9.17) is 4.74 Å². The number of ether oxygens (including phenoxy) is 2. The van der Waals surface area contributed by atoms with Crippen molar-refractivity contribution in [1.29, 1.82) is 0 Å². The highest BCUT2D eigenvalue weighted by Gasteiger charge is 2.19. The summed E-state index contributed by atoms with van der Waals surface area (Å²) < 4.78 is 9.83. The SMILES string of the molecule is CCOC(=O)CC(=O)OC1CCCCC1. The monoisotopic (exact) mass is 214 g/mol. The molecule has 0 aliphatic heterocycles. The van der Waals surface area contributed by atoms with Crippen molar-refractivity contribution in [3.8, 4) is 0 Å². The molecule has 4 heteroatoms. The number of rotatable bonds is 4. The molecular weight excluding hydrogens is 196 g/mol. The van der Waals surface area contributed by atoms with Crippen LogP contribution in [0.25, 0.3) is 0 Å². The minimum absolute atomic E-state index is 0.0145. The standard InChI is InChI=1S/C11H18O4/c1-2-14-10(12)8-11(13)15-9-6-4-3-5-7-9/h9H,2-8H2,1H3. The van der Waals surface area contributed by atoms with Crippen LogP contribution in [0.1, 0.15) is 45.4 Å². The second-order valence-electron chi connectivity index (χ2n) is 3.73. The van der Waals surface area contributed by atoms with Crippen molar-refractivity contribution in [3.63, 3.8) is 0 Å². The van der Waals surface area contributed by atoms with Gasteiger partial charge in [0.25, 0.3) is 0 Å². The van der Waals surface area contributed by atoms with Gasteiger partial charge in [0.2, 0.25) is 0 Å². The van der Waals surface area contributed by atoms with Crippen molar-refractivity contribution in [2.24, 2.45) is 0 Å². The number of esters is 2. The van der Waals surface area contributed by atoms with Crippen LogP contribution < -0.4 is 0 Å². The predicted octanol–water partition coefficient (Wildman–Crippen LogP) is 1.82. The van der Waals surface area contributed by atoms with Crippen molar-refractivity contribution in [2.45, 2.75) is 51.6 Å². The van der Waals surface area contributed by atoms with Gasteiger partial charge in [0, 0.05) is 0 Å². The molecule has 15 heavy (non-hydrogen) atoms. The van der Waals surface area contributed by atoms with Gasteiger partial charge in [0.05, 0.1) is 6.61 Å². The lowest BCUT2D eigenvalue weighted by Crippen LogP contribution is -2.23. The quantitative estimate of drug-likeness (QED) is 0.529. The summed E-state index contributed by atoms with van der Waals surface area (Å²) in [5, 5.41) is 0. The van der Waals surface area contributed by atoms with Crippen LogP contribution in [0.5, 0.6) is 0 Å². The molecule has 0 unspecified atom stereocenters. The molecule has 1 saturated carbocycles. The van der Waals surface area contributed by atoms with Crippen LogP contribution in [-0.4, -0.2) is 24.6 Å². The van der Waals surface area contributed by atoms with Gasteiger partial charge in [-0.2, -0.15) is 0 Å². The van der Waals surface area contributed by atoms with Crippen LogP contribution in [-0.2, 0) is 19.1 Å². The largest absolute Gasteiger partial charge is 0.466 e. The van der Waals surface area contributed by atoms with Crippen molar-refractivity contribution < 1.29 is 19.1 Å². The minimum atomic E-state index is -0.502. The maximum atomic E-state index is 11.3. The van der Waals surface area contributed by atoms with E-state index in [1.165, 1.54) is 6.42 Å². The minimum Gasteiger partial charge on any atom is -0.466 e. The first kappa shape index (κ1) is 12.0. The Balaban J connectivity index is 2.19. The molecule has 86 valence electrons. The summed E-state index contributed by atoms with van der Waals surface area (Å²) in [7, 11) is 0. The summed E-state index contributed by atoms with van der Waals surface area (Å²) in [5.41, 5.74) is 0. The zero-order valence-corrected chi connectivity index (χ0v) is 9.16. The van der Waals surface area contributed by atoms with Gasteiger partial charge in [0.15, 0.2) is 0 Å². The van der Waals surface area contributed by atoms with E-state index < -0.39 is 11.9 Å². The third kappa shape index (κ3) is 4.81. The summed E-state index contributed by atoms with van der Waals surface area (Å²) in [6.45, 7) is 2.01. The van der Waals surface area contributed by atoms with Crippen LogP contribution in [0.15, 0.2) is 0 Å².